The molecule has 3 nitrogen and oxygen atoms in total. The summed E-state index contributed by atoms with van der Waals surface area (Å²) in [5, 5.41) is 6.59. The summed E-state index contributed by atoms with van der Waals surface area (Å²) >= 11 is 0. The average molecular weight is 207 g/mol. The molecule has 3 heteroatoms. The maximum atomic E-state index is 4.19. The third kappa shape index (κ3) is 3.11. The Morgan fingerprint density at radius 2 is 2.00 bits per heavy atom. The van der Waals surface area contributed by atoms with Crippen LogP contribution in [-0.4, -0.2) is 17.6 Å². The minimum Gasteiger partial charge on any atom is -0.380 e. The van der Waals surface area contributed by atoms with Crippen molar-refractivity contribution >= 4 is 11.5 Å². The summed E-state index contributed by atoms with van der Waals surface area (Å²) in [7, 11) is 1.88. The van der Waals surface area contributed by atoms with Gasteiger partial charge in [-0.05, 0) is 25.8 Å². The van der Waals surface area contributed by atoms with Crippen LogP contribution in [-0.2, 0) is 0 Å². The lowest BCUT2D eigenvalue weighted by molar-refractivity contribution is 0.478. The number of nitrogens with zero attached hydrogens (tertiary/aromatic N) is 1. The molecule has 0 unspecified atom stereocenters. The maximum absolute atomic E-state index is 4.19. The summed E-state index contributed by atoms with van der Waals surface area (Å²) in [6.45, 7) is 6.65. The Hall–Kier alpha value is -1.25. The van der Waals surface area contributed by atoms with Gasteiger partial charge in [0.25, 0.3) is 0 Å². The van der Waals surface area contributed by atoms with E-state index in [1.807, 2.05) is 25.4 Å². The smallest absolute Gasteiger partial charge is 0.127 e. The zero-order valence-corrected chi connectivity index (χ0v) is 10.1. The van der Waals surface area contributed by atoms with E-state index in [2.05, 4.69) is 36.4 Å². The fourth-order valence-corrected chi connectivity index (χ4v) is 1.42. The lowest BCUT2D eigenvalue weighted by Gasteiger charge is -2.29. The van der Waals surface area contributed by atoms with Crippen molar-refractivity contribution in [3.8, 4) is 0 Å². The first kappa shape index (κ1) is 11.8. The number of nitrogens with one attached hydrogen (secondary N) is 2. The molecule has 84 valence electrons. The molecule has 0 saturated carbocycles. The Balaban J connectivity index is 2.79. The maximum Gasteiger partial charge on any atom is 0.127 e. The molecule has 0 aliphatic rings. The molecule has 2 N–H and O–H groups in total. The molecule has 1 aromatic heterocycles. The van der Waals surface area contributed by atoms with Gasteiger partial charge in [-0.1, -0.05) is 13.8 Å². The second kappa shape index (κ2) is 5.01. The van der Waals surface area contributed by atoms with E-state index in [0.717, 1.165) is 24.3 Å². The van der Waals surface area contributed by atoms with Crippen LogP contribution in [0.2, 0.25) is 0 Å². The van der Waals surface area contributed by atoms with Crippen LogP contribution in [0.3, 0.4) is 0 Å². The highest BCUT2D eigenvalue weighted by Crippen LogP contribution is 2.22. The van der Waals surface area contributed by atoms with Gasteiger partial charge in [0.05, 0.1) is 0 Å². The van der Waals surface area contributed by atoms with Crippen molar-refractivity contribution in [1.29, 1.82) is 0 Å². The zero-order chi connectivity index (χ0) is 11.3. The van der Waals surface area contributed by atoms with Gasteiger partial charge in [0, 0.05) is 30.5 Å². The molecule has 0 spiro atoms. The van der Waals surface area contributed by atoms with Gasteiger partial charge in [-0.15, -0.1) is 0 Å². The highest BCUT2D eigenvalue weighted by atomic mass is 15.0. The van der Waals surface area contributed by atoms with E-state index < -0.39 is 0 Å². The first-order chi connectivity index (χ1) is 7.13. The number of hydrogen-bond donors (Lipinski definition) is 2. The molecule has 1 heterocycles. The van der Waals surface area contributed by atoms with E-state index in [4.69, 9.17) is 0 Å². The van der Waals surface area contributed by atoms with E-state index in [-0.39, 0.29) is 5.54 Å². The Bertz CT molecular complexity index is 305. The molecule has 0 aromatic carbocycles. The van der Waals surface area contributed by atoms with Crippen molar-refractivity contribution < 1.29 is 0 Å². The highest BCUT2D eigenvalue weighted by molar-refractivity contribution is 5.52. The first-order valence-electron chi connectivity index (χ1n) is 5.55. The molecule has 0 atom stereocenters. The Kier molecular flexibility index (Phi) is 3.95. The van der Waals surface area contributed by atoms with Crippen LogP contribution >= 0.6 is 0 Å². The molecule has 0 aliphatic heterocycles. The summed E-state index contributed by atoms with van der Waals surface area (Å²) in [5.74, 6) is 0.898. The Morgan fingerprint density at radius 1 is 1.33 bits per heavy atom. The lowest BCUT2D eigenvalue weighted by atomic mass is 9.95. The van der Waals surface area contributed by atoms with Gasteiger partial charge in [-0.3, -0.25) is 0 Å². The van der Waals surface area contributed by atoms with Crippen LogP contribution in [0.25, 0.3) is 0 Å². The van der Waals surface area contributed by atoms with E-state index in [1.165, 1.54) is 0 Å². The SMILES string of the molecule is CCC(C)(CC)Nc1ccnc(NC)c1. The lowest BCUT2D eigenvalue weighted by Crippen LogP contribution is -2.32. The fourth-order valence-electron chi connectivity index (χ4n) is 1.42. The van der Waals surface area contributed by atoms with E-state index in [9.17, 15) is 0 Å². The minimum atomic E-state index is 0.173. The predicted octanol–water partition coefficient (Wildman–Crippen LogP) is 3.11. The quantitative estimate of drug-likeness (QED) is 0.779. The number of hydrogen-bond acceptors (Lipinski definition) is 3. The van der Waals surface area contributed by atoms with Crippen molar-refractivity contribution in [2.45, 2.75) is 39.2 Å². The molecule has 0 saturated heterocycles. The molecule has 0 bridgehead atoms. The molecule has 1 rings (SSSR count). The van der Waals surface area contributed by atoms with Crippen molar-refractivity contribution in [2.24, 2.45) is 0 Å². The van der Waals surface area contributed by atoms with Crippen LogP contribution < -0.4 is 10.6 Å². The summed E-state index contributed by atoms with van der Waals surface area (Å²) in [6, 6.07) is 4.04. The second-order valence-electron chi connectivity index (χ2n) is 4.07. The minimum absolute atomic E-state index is 0.173. The Morgan fingerprint density at radius 3 is 2.53 bits per heavy atom. The fraction of sp³-hybridized carbons (Fsp3) is 0.583. The van der Waals surface area contributed by atoms with Crippen molar-refractivity contribution in [3.63, 3.8) is 0 Å². The van der Waals surface area contributed by atoms with E-state index >= 15 is 0 Å². The van der Waals surface area contributed by atoms with Crippen LogP contribution in [0.1, 0.15) is 33.6 Å². The van der Waals surface area contributed by atoms with Gasteiger partial charge in [0.2, 0.25) is 0 Å². The number of aromatic nitrogens is 1. The summed E-state index contributed by atoms with van der Waals surface area (Å²) in [6.07, 6.45) is 4.04. The summed E-state index contributed by atoms with van der Waals surface area (Å²) in [5.41, 5.74) is 1.30. The summed E-state index contributed by atoms with van der Waals surface area (Å²) < 4.78 is 0. The van der Waals surface area contributed by atoms with Crippen molar-refractivity contribution in [2.75, 3.05) is 17.7 Å². The molecule has 0 radical (unpaired) electrons. The largest absolute Gasteiger partial charge is 0.380 e. The van der Waals surface area contributed by atoms with Gasteiger partial charge in [0.1, 0.15) is 5.82 Å². The van der Waals surface area contributed by atoms with Gasteiger partial charge >= 0.3 is 0 Å². The molecular formula is C12H21N3. The molecular weight excluding hydrogens is 186 g/mol. The molecule has 0 aliphatic carbocycles. The van der Waals surface area contributed by atoms with Gasteiger partial charge < -0.3 is 10.6 Å². The van der Waals surface area contributed by atoms with Crippen LogP contribution in [0.4, 0.5) is 11.5 Å². The standard InChI is InChI=1S/C12H21N3/c1-5-12(3,6-2)15-10-7-8-14-11(9-10)13-4/h7-9H,5-6H2,1-4H3,(H2,13,14,15). The average Bonchev–Trinajstić information content (AvgIpc) is 2.29. The Labute approximate surface area is 92.3 Å². The molecule has 15 heavy (non-hydrogen) atoms. The third-order valence-corrected chi connectivity index (χ3v) is 3.02. The van der Waals surface area contributed by atoms with Crippen LogP contribution in [0.15, 0.2) is 18.3 Å². The second-order valence-corrected chi connectivity index (χ2v) is 4.07. The highest BCUT2D eigenvalue weighted by Gasteiger charge is 2.18. The van der Waals surface area contributed by atoms with E-state index in [0.29, 0.717) is 0 Å². The summed E-state index contributed by atoms with van der Waals surface area (Å²) in [4.78, 5) is 4.19. The van der Waals surface area contributed by atoms with Crippen molar-refractivity contribution in [1.82, 2.24) is 4.98 Å². The monoisotopic (exact) mass is 207 g/mol. The number of rotatable bonds is 5. The predicted molar refractivity (Wildman–Crippen MR) is 66.4 cm³/mol. The van der Waals surface area contributed by atoms with Gasteiger partial charge in [-0.25, -0.2) is 4.98 Å². The molecule has 0 fully saturated rings. The normalized spacial score (nSPS) is 11.2. The third-order valence-electron chi connectivity index (χ3n) is 3.02. The van der Waals surface area contributed by atoms with Gasteiger partial charge in [0.15, 0.2) is 0 Å². The van der Waals surface area contributed by atoms with Gasteiger partial charge in [-0.2, -0.15) is 0 Å². The van der Waals surface area contributed by atoms with Crippen LogP contribution in [0, 0.1) is 0 Å². The molecule has 0 amide bonds. The molecule has 1 aromatic rings. The van der Waals surface area contributed by atoms with Crippen molar-refractivity contribution in [3.05, 3.63) is 18.3 Å². The zero-order valence-electron chi connectivity index (χ0n) is 10.1. The number of pyridine rings is 1. The number of anilines is 2. The van der Waals surface area contributed by atoms with E-state index in [1.54, 1.807) is 0 Å². The first-order valence-corrected chi connectivity index (χ1v) is 5.55. The topological polar surface area (TPSA) is 37.0 Å². The van der Waals surface area contributed by atoms with Crippen LogP contribution in [0.5, 0.6) is 0 Å².